The van der Waals surface area contributed by atoms with Crippen molar-refractivity contribution in [1.29, 1.82) is 0 Å². The number of methoxy groups -OCH3 is 1. The number of hydrazone groups is 1. The molecule has 1 fully saturated rings. The Morgan fingerprint density at radius 1 is 0.913 bits per heavy atom. The zero-order chi connectivity index (χ0) is 16.1. The molecule has 1 aliphatic heterocycles. The fourth-order valence-electron chi connectivity index (χ4n) is 2.79. The van der Waals surface area contributed by atoms with Crippen LogP contribution in [-0.2, 0) is 0 Å². The van der Waals surface area contributed by atoms with Crippen molar-refractivity contribution in [3.8, 4) is 5.75 Å². The Labute approximate surface area is 138 Å². The number of nitrogens with zero attached hydrogens (tertiary/aromatic N) is 3. The number of benzene rings is 2. The lowest BCUT2D eigenvalue weighted by Gasteiger charge is -2.34. The predicted octanol–water partition coefficient (Wildman–Crippen LogP) is 3.24. The molecule has 0 saturated carbocycles. The van der Waals surface area contributed by atoms with Gasteiger partial charge in [-0.15, -0.1) is 0 Å². The van der Waals surface area contributed by atoms with Crippen LogP contribution >= 0.6 is 0 Å². The number of piperazine rings is 1. The molecule has 2 aromatic carbocycles. The highest BCUT2D eigenvalue weighted by atomic mass is 16.5. The molecule has 0 radical (unpaired) electrons. The van der Waals surface area contributed by atoms with E-state index in [9.17, 15) is 0 Å². The van der Waals surface area contributed by atoms with Gasteiger partial charge in [-0.3, -0.25) is 5.01 Å². The second-order valence-corrected chi connectivity index (χ2v) is 5.69. The van der Waals surface area contributed by atoms with E-state index in [1.165, 1.54) is 5.69 Å². The molecule has 1 heterocycles. The van der Waals surface area contributed by atoms with E-state index in [4.69, 9.17) is 9.84 Å². The fraction of sp³-hybridized carbons (Fsp3) is 0.316. The minimum atomic E-state index is 0.873. The minimum Gasteiger partial charge on any atom is -0.497 e. The summed E-state index contributed by atoms with van der Waals surface area (Å²) in [5.74, 6) is 0.873. The SMILES string of the molecule is COc1ccc(/C(C)=N/N2CCN(c3ccccc3)CC2)cc1. The topological polar surface area (TPSA) is 28.1 Å². The van der Waals surface area contributed by atoms with Crippen LogP contribution in [0.3, 0.4) is 0 Å². The van der Waals surface area contributed by atoms with Crippen LogP contribution in [0.25, 0.3) is 0 Å². The van der Waals surface area contributed by atoms with Crippen molar-refractivity contribution in [2.45, 2.75) is 6.92 Å². The Morgan fingerprint density at radius 2 is 1.57 bits per heavy atom. The maximum Gasteiger partial charge on any atom is 0.118 e. The van der Waals surface area contributed by atoms with Crippen molar-refractivity contribution < 1.29 is 4.74 Å². The van der Waals surface area contributed by atoms with E-state index >= 15 is 0 Å². The number of rotatable bonds is 4. The molecule has 4 heteroatoms. The van der Waals surface area contributed by atoms with Crippen LogP contribution < -0.4 is 9.64 Å². The van der Waals surface area contributed by atoms with Crippen molar-refractivity contribution in [3.63, 3.8) is 0 Å². The van der Waals surface area contributed by atoms with Crippen molar-refractivity contribution in [1.82, 2.24) is 5.01 Å². The summed E-state index contributed by atoms with van der Waals surface area (Å²) in [4.78, 5) is 2.41. The van der Waals surface area contributed by atoms with Gasteiger partial charge in [0.15, 0.2) is 0 Å². The summed E-state index contributed by atoms with van der Waals surface area (Å²) >= 11 is 0. The zero-order valence-corrected chi connectivity index (χ0v) is 13.8. The molecule has 0 aromatic heterocycles. The summed E-state index contributed by atoms with van der Waals surface area (Å²) in [6.45, 7) is 5.96. The molecule has 3 rings (SSSR count). The van der Waals surface area contributed by atoms with Crippen LogP contribution in [0.2, 0.25) is 0 Å². The highest BCUT2D eigenvalue weighted by Gasteiger charge is 2.16. The highest BCUT2D eigenvalue weighted by molar-refractivity contribution is 5.98. The zero-order valence-electron chi connectivity index (χ0n) is 13.8. The van der Waals surface area contributed by atoms with Gasteiger partial charge in [-0.2, -0.15) is 5.10 Å². The average Bonchev–Trinajstić information content (AvgIpc) is 2.63. The Bertz CT molecular complexity index is 644. The molecule has 23 heavy (non-hydrogen) atoms. The van der Waals surface area contributed by atoms with Crippen LogP contribution in [0, 0.1) is 0 Å². The van der Waals surface area contributed by atoms with Crippen LogP contribution in [0.5, 0.6) is 5.75 Å². The molecule has 120 valence electrons. The molecular formula is C19H23N3O. The van der Waals surface area contributed by atoms with Crippen molar-refractivity contribution in [2.75, 3.05) is 38.2 Å². The summed E-state index contributed by atoms with van der Waals surface area (Å²) in [5.41, 5.74) is 3.47. The number of ether oxygens (including phenoxy) is 1. The van der Waals surface area contributed by atoms with Crippen molar-refractivity contribution in [3.05, 3.63) is 60.2 Å². The summed E-state index contributed by atoms with van der Waals surface area (Å²) < 4.78 is 5.20. The van der Waals surface area contributed by atoms with Crippen molar-refractivity contribution >= 4 is 11.4 Å². The Balaban J connectivity index is 1.60. The van der Waals surface area contributed by atoms with E-state index < -0.39 is 0 Å². The second kappa shape index (κ2) is 7.18. The third kappa shape index (κ3) is 3.83. The summed E-state index contributed by atoms with van der Waals surface area (Å²) in [6.07, 6.45) is 0. The molecule has 1 saturated heterocycles. The molecule has 0 bridgehead atoms. The smallest absolute Gasteiger partial charge is 0.118 e. The first-order valence-electron chi connectivity index (χ1n) is 8.01. The van der Waals surface area contributed by atoms with E-state index in [1.807, 2.05) is 12.1 Å². The number of hydrogen-bond donors (Lipinski definition) is 0. The minimum absolute atomic E-state index is 0.873. The molecule has 4 nitrogen and oxygen atoms in total. The molecule has 0 amide bonds. The fourth-order valence-corrected chi connectivity index (χ4v) is 2.79. The molecular weight excluding hydrogens is 286 g/mol. The summed E-state index contributed by atoms with van der Waals surface area (Å²) in [5, 5.41) is 6.94. The maximum atomic E-state index is 5.20. The van der Waals surface area contributed by atoms with E-state index in [0.717, 1.165) is 43.2 Å². The Hall–Kier alpha value is -2.49. The van der Waals surface area contributed by atoms with Gasteiger partial charge in [0, 0.05) is 18.8 Å². The third-order valence-corrected chi connectivity index (χ3v) is 4.18. The average molecular weight is 309 g/mol. The van der Waals surface area contributed by atoms with E-state index in [0.29, 0.717) is 0 Å². The molecule has 0 unspecified atom stereocenters. The predicted molar refractivity (Wildman–Crippen MR) is 95.4 cm³/mol. The molecule has 0 spiro atoms. The molecule has 0 atom stereocenters. The molecule has 0 aliphatic carbocycles. The first-order valence-corrected chi connectivity index (χ1v) is 8.01. The molecule has 1 aliphatic rings. The van der Waals surface area contributed by atoms with E-state index in [-0.39, 0.29) is 0 Å². The van der Waals surface area contributed by atoms with Crippen molar-refractivity contribution in [2.24, 2.45) is 5.10 Å². The lowest BCUT2D eigenvalue weighted by Crippen LogP contribution is -2.44. The van der Waals surface area contributed by atoms with E-state index in [1.54, 1.807) is 7.11 Å². The van der Waals surface area contributed by atoms with Gasteiger partial charge in [0.25, 0.3) is 0 Å². The lowest BCUT2D eigenvalue weighted by molar-refractivity contribution is 0.270. The quantitative estimate of drug-likeness (QED) is 0.812. The summed E-state index contributed by atoms with van der Waals surface area (Å²) in [7, 11) is 1.68. The van der Waals surface area contributed by atoms with Gasteiger partial charge >= 0.3 is 0 Å². The molecule has 0 N–H and O–H groups in total. The van der Waals surface area contributed by atoms with Crippen LogP contribution in [0.1, 0.15) is 12.5 Å². The van der Waals surface area contributed by atoms with Gasteiger partial charge in [-0.1, -0.05) is 18.2 Å². The van der Waals surface area contributed by atoms with Gasteiger partial charge < -0.3 is 9.64 Å². The van der Waals surface area contributed by atoms with Crippen LogP contribution in [-0.4, -0.2) is 44.0 Å². The highest BCUT2D eigenvalue weighted by Crippen LogP contribution is 2.16. The lowest BCUT2D eigenvalue weighted by atomic mass is 10.1. The normalized spacial score (nSPS) is 15.7. The van der Waals surface area contributed by atoms with Crippen LogP contribution in [0.4, 0.5) is 5.69 Å². The van der Waals surface area contributed by atoms with Gasteiger partial charge in [0.05, 0.1) is 25.9 Å². The number of anilines is 1. The largest absolute Gasteiger partial charge is 0.497 e. The maximum absolute atomic E-state index is 5.20. The van der Waals surface area contributed by atoms with Gasteiger partial charge in [-0.25, -0.2) is 0 Å². The second-order valence-electron chi connectivity index (χ2n) is 5.69. The molecule has 2 aromatic rings. The third-order valence-electron chi connectivity index (χ3n) is 4.18. The van der Waals surface area contributed by atoms with E-state index in [2.05, 4.69) is 59.3 Å². The van der Waals surface area contributed by atoms with Gasteiger partial charge in [0.1, 0.15) is 5.75 Å². The Kier molecular flexibility index (Phi) is 4.81. The van der Waals surface area contributed by atoms with Crippen LogP contribution in [0.15, 0.2) is 59.7 Å². The van der Waals surface area contributed by atoms with Gasteiger partial charge in [0.2, 0.25) is 0 Å². The number of hydrogen-bond acceptors (Lipinski definition) is 4. The first kappa shape index (κ1) is 15.4. The number of para-hydroxylation sites is 1. The monoisotopic (exact) mass is 309 g/mol. The Morgan fingerprint density at radius 3 is 2.17 bits per heavy atom. The van der Waals surface area contributed by atoms with Gasteiger partial charge in [-0.05, 0) is 48.9 Å². The standard InChI is InChI=1S/C19H23N3O/c1-16(17-8-10-19(23-2)11-9-17)20-22-14-12-21(13-15-22)18-6-4-3-5-7-18/h3-11H,12-15H2,1-2H3/b20-16+. The first-order chi connectivity index (χ1) is 11.3. The summed E-state index contributed by atoms with van der Waals surface area (Å²) in [6, 6.07) is 18.6.